The minimum atomic E-state index is 0.757. The molecule has 0 aliphatic rings. The number of rotatable bonds is 3. The van der Waals surface area contributed by atoms with E-state index in [2.05, 4.69) is 23.4 Å². The van der Waals surface area contributed by atoms with Crippen LogP contribution in [0.25, 0.3) is 0 Å². The number of nitrogens with zero attached hydrogens (tertiary/aromatic N) is 3. The van der Waals surface area contributed by atoms with Crippen LogP contribution in [0.4, 0.5) is 0 Å². The molecule has 0 bridgehead atoms. The molecule has 14 heavy (non-hydrogen) atoms. The maximum atomic E-state index is 4.01. The van der Waals surface area contributed by atoms with Crippen molar-refractivity contribution in [3.8, 4) is 0 Å². The van der Waals surface area contributed by atoms with Crippen molar-refractivity contribution in [3.05, 3.63) is 24.3 Å². The number of aliphatic imine (C=N–C) groups is 1. The SMILES string of the molecule is C=NN(C)C(/C=C\C(=C)C)=NC.CC. The van der Waals surface area contributed by atoms with Gasteiger partial charge in [-0.25, -0.2) is 0 Å². The lowest BCUT2D eigenvalue weighted by Crippen LogP contribution is -2.18. The van der Waals surface area contributed by atoms with E-state index in [4.69, 9.17) is 0 Å². The van der Waals surface area contributed by atoms with Gasteiger partial charge < -0.3 is 0 Å². The molecule has 3 nitrogen and oxygen atoms in total. The Morgan fingerprint density at radius 3 is 2.07 bits per heavy atom. The molecule has 0 amide bonds. The van der Waals surface area contributed by atoms with Crippen molar-refractivity contribution in [3.63, 3.8) is 0 Å². The lowest BCUT2D eigenvalue weighted by atomic mass is 10.3. The minimum absolute atomic E-state index is 0.757. The second-order valence-corrected chi connectivity index (χ2v) is 2.43. The summed E-state index contributed by atoms with van der Waals surface area (Å²) >= 11 is 0. The van der Waals surface area contributed by atoms with E-state index in [0.29, 0.717) is 0 Å². The molecular weight excluding hydrogens is 174 g/mol. The summed E-state index contributed by atoms with van der Waals surface area (Å²) < 4.78 is 0. The highest BCUT2D eigenvalue weighted by atomic mass is 15.4. The average Bonchev–Trinajstić information content (AvgIpc) is 2.21. The summed E-state index contributed by atoms with van der Waals surface area (Å²) in [7, 11) is 3.50. The van der Waals surface area contributed by atoms with Gasteiger partial charge in [0.15, 0.2) is 0 Å². The molecule has 0 aromatic rings. The molecule has 0 spiro atoms. The molecule has 0 atom stereocenters. The van der Waals surface area contributed by atoms with E-state index in [0.717, 1.165) is 11.4 Å². The Hall–Kier alpha value is -1.38. The minimum Gasteiger partial charge on any atom is -0.270 e. The Bertz CT molecular complexity index is 227. The van der Waals surface area contributed by atoms with Crippen LogP contribution in [0.15, 0.2) is 34.4 Å². The van der Waals surface area contributed by atoms with Crippen molar-refractivity contribution in [2.45, 2.75) is 20.8 Å². The van der Waals surface area contributed by atoms with E-state index < -0.39 is 0 Å². The van der Waals surface area contributed by atoms with Gasteiger partial charge in [-0.2, -0.15) is 5.10 Å². The van der Waals surface area contributed by atoms with Crippen LogP contribution >= 0.6 is 0 Å². The van der Waals surface area contributed by atoms with Gasteiger partial charge in [-0.05, 0) is 13.0 Å². The van der Waals surface area contributed by atoms with Crippen LogP contribution in [0.5, 0.6) is 0 Å². The van der Waals surface area contributed by atoms with Crippen LogP contribution in [-0.2, 0) is 0 Å². The molecule has 3 heteroatoms. The molecule has 0 N–H and O–H groups in total. The summed E-state index contributed by atoms with van der Waals surface area (Å²) in [6.07, 6.45) is 3.72. The van der Waals surface area contributed by atoms with E-state index in [1.165, 1.54) is 0 Å². The van der Waals surface area contributed by atoms with Crippen LogP contribution in [0.3, 0.4) is 0 Å². The van der Waals surface area contributed by atoms with Gasteiger partial charge in [-0.3, -0.25) is 10.0 Å². The van der Waals surface area contributed by atoms with Crippen LogP contribution in [0.1, 0.15) is 20.8 Å². The normalized spacial score (nSPS) is 10.5. The zero-order valence-electron chi connectivity index (χ0n) is 9.91. The van der Waals surface area contributed by atoms with E-state index in [9.17, 15) is 0 Å². The number of allylic oxidation sites excluding steroid dienone is 2. The Labute approximate surface area is 87.5 Å². The molecule has 0 saturated carbocycles. The molecule has 0 radical (unpaired) electrons. The van der Waals surface area contributed by atoms with Crippen molar-refractivity contribution in [1.82, 2.24) is 5.01 Å². The van der Waals surface area contributed by atoms with Gasteiger partial charge in [-0.15, -0.1) is 0 Å². The molecule has 80 valence electrons. The highest BCUT2D eigenvalue weighted by Crippen LogP contribution is 1.94. The number of hydrogen-bond donors (Lipinski definition) is 0. The topological polar surface area (TPSA) is 28.0 Å². The molecule has 0 aromatic heterocycles. The fourth-order valence-corrected chi connectivity index (χ4v) is 0.616. The van der Waals surface area contributed by atoms with Crippen molar-refractivity contribution >= 4 is 12.6 Å². The molecular formula is C11H21N3. The average molecular weight is 195 g/mol. The number of likely N-dealkylation sites (N-methyl/N-ethyl adjacent to an activating group) is 1. The summed E-state index contributed by atoms with van der Waals surface area (Å²) in [6, 6.07) is 0. The molecule has 0 heterocycles. The van der Waals surface area contributed by atoms with E-state index in [-0.39, 0.29) is 0 Å². The monoisotopic (exact) mass is 195 g/mol. The standard InChI is InChI=1S/C9H15N3.C2H6/c1-8(2)6-7-9(10-3)12(5)11-4;1-2/h6-7H,1,4H2,2-3,5H3;1-2H3/b7-6-,10-9?;. The highest BCUT2D eigenvalue weighted by molar-refractivity contribution is 5.92. The third kappa shape index (κ3) is 7.28. The Morgan fingerprint density at radius 1 is 1.29 bits per heavy atom. The van der Waals surface area contributed by atoms with Crippen LogP contribution in [-0.4, -0.2) is 31.7 Å². The van der Waals surface area contributed by atoms with Gasteiger partial charge in [-0.1, -0.05) is 32.1 Å². The van der Waals surface area contributed by atoms with Crippen molar-refractivity contribution in [2.24, 2.45) is 10.1 Å². The number of amidine groups is 1. The third-order valence-corrected chi connectivity index (χ3v) is 1.29. The van der Waals surface area contributed by atoms with E-state index in [1.54, 1.807) is 19.1 Å². The van der Waals surface area contributed by atoms with Crippen LogP contribution in [0, 0.1) is 0 Å². The molecule has 0 aliphatic heterocycles. The van der Waals surface area contributed by atoms with Crippen molar-refractivity contribution in [1.29, 1.82) is 0 Å². The van der Waals surface area contributed by atoms with Gasteiger partial charge in [0.1, 0.15) is 5.84 Å². The summed E-state index contributed by atoms with van der Waals surface area (Å²) in [5.74, 6) is 0.757. The number of hydrazone groups is 1. The van der Waals surface area contributed by atoms with Gasteiger partial charge in [0.05, 0.1) is 0 Å². The zero-order valence-corrected chi connectivity index (χ0v) is 9.91. The molecule has 0 rings (SSSR count). The molecule has 0 aliphatic carbocycles. The third-order valence-electron chi connectivity index (χ3n) is 1.29. The van der Waals surface area contributed by atoms with Crippen LogP contribution in [0.2, 0.25) is 0 Å². The highest BCUT2D eigenvalue weighted by Gasteiger charge is 1.96. The molecule has 0 aromatic carbocycles. The van der Waals surface area contributed by atoms with E-state index in [1.807, 2.05) is 32.9 Å². The Balaban J connectivity index is 0. The molecule has 0 unspecified atom stereocenters. The van der Waals surface area contributed by atoms with E-state index >= 15 is 0 Å². The predicted octanol–water partition coefficient (Wildman–Crippen LogP) is 2.72. The molecule has 0 saturated heterocycles. The van der Waals surface area contributed by atoms with Crippen molar-refractivity contribution in [2.75, 3.05) is 14.1 Å². The predicted molar refractivity (Wildman–Crippen MR) is 66.0 cm³/mol. The summed E-state index contributed by atoms with van der Waals surface area (Å²) in [5.41, 5.74) is 0.980. The Morgan fingerprint density at radius 2 is 1.79 bits per heavy atom. The second kappa shape index (κ2) is 9.71. The lowest BCUT2D eigenvalue weighted by molar-refractivity contribution is 0.552. The summed E-state index contributed by atoms with van der Waals surface area (Å²) in [5, 5.41) is 5.31. The summed E-state index contributed by atoms with van der Waals surface area (Å²) in [6.45, 7) is 13.1. The summed E-state index contributed by atoms with van der Waals surface area (Å²) in [4.78, 5) is 4.01. The second-order valence-electron chi connectivity index (χ2n) is 2.43. The first-order valence-corrected chi connectivity index (χ1v) is 4.62. The molecule has 0 fully saturated rings. The van der Waals surface area contributed by atoms with Crippen molar-refractivity contribution < 1.29 is 0 Å². The van der Waals surface area contributed by atoms with Gasteiger partial charge in [0, 0.05) is 20.8 Å². The van der Waals surface area contributed by atoms with Gasteiger partial charge in [0.2, 0.25) is 0 Å². The van der Waals surface area contributed by atoms with Gasteiger partial charge in [0.25, 0.3) is 0 Å². The smallest absolute Gasteiger partial charge is 0.143 e. The first kappa shape index (κ1) is 15.1. The maximum Gasteiger partial charge on any atom is 0.143 e. The first-order valence-electron chi connectivity index (χ1n) is 4.62. The zero-order chi connectivity index (χ0) is 11.6. The van der Waals surface area contributed by atoms with Gasteiger partial charge >= 0.3 is 0 Å². The Kier molecular flexibility index (Phi) is 10.5. The quantitative estimate of drug-likeness (QED) is 0.294. The van der Waals surface area contributed by atoms with Crippen LogP contribution < -0.4 is 0 Å². The number of hydrogen-bond acceptors (Lipinski definition) is 2. The maximum absolute atomic E-state index is 4.01. The lowest BCUT2D eigenvalue weighted by Gasteiger charge is -2.10. The fourth-order valence-electron chi connectivity index (χ4n) is 0.616. The first-order chi connectivity index (χ1) is 6.61. The fraction of sp³-hybridized carbons (Fsp3) is 0.455. The largest absolute Gasteiger partial charge is 0.270 e.